The van der Waals surface area contributed by atoms with Crippen molar-refractivity contribution in [1.29, 1.82) is 0 Å². The molecule has 1 aromatic rings. The van der Waals surface area contributed by atoms with Crippen molar-refractivity contribution in [1.82, 2.24) is 0 Å². The first-order chi connectivity index (χ1) is 7.00. The van der Waals surface area contributed by atoms with Gasteiger partial charge < -0.3 is 14.9 Å². The molecule has 5 heteroatoms. The minimum absolute atomic E-state index is 0.0758. The summed E-state index contributed by atoms with van der Waals surface area (Å²) >= 11 is 2.99. The molecule has 2 rings (SSSR count). The Kier molecular flexibility index (Phi) is 2.34. The lowest BCUT2D eigenvalue weighted by Gasteiger charge is -2.22. The van der Waals surface area contributed by atoms with E-state index in [2.05, 4.69) is 15.9 Å². The van der Waals surface area contributed by atoms with E-state index in [1.807, 2.05) is 0 Å². The fourth-order valence-electron chi connectivity index (χ4n) is 1.67. The number of hydrogen-bond donors (Lipinski definition) is 2. The molecule has 1 aliphatic rings. The van der Waals surface area contributed by atoms with Gasteiger partial charge in [-0.3, -0.25) is 0 Å². The highest BCUT2D eigenvalue weighted by Crippen LogP contribution is 2.40. The number of fused-ring (bicyclic) bond motifs is 1. The number of hydrogen-bond acceptors (Lipinski definition) is 4. The van der Waals surface area contributed by atoms with Crippen molar-refractivity contribution >= 4 is 21.9 Å². The van der Waals surface area contributed by atoms with Gasteiger partial charge in [0.15, 0.2) is 0 Å². The number of aromatic hydroxyl groups is 2. The Morgan fingerprint density at radius 1 is 1.53 bits per heavy atom. The second-order valence-electron chi connectivity index (χ2n) is 3.51. The molecular weight excluding hydrogens is 264 g/mol. The Morgan fingerprint density at radius 2 is 2.20 bits per heavy atom. The SMILES string of the molecule is CC1Cc2cc(O)c(Br)c(O)c2C(=O)O1. The molecule has 1 aliphatic heterocycles. The average molecular weight is 273 g/mol. The molecule has 4 nitrogen and oxygen atoms in total. The second kappa shape index (κ2) is 3.41. The third-order valence-corrected chi connectivity index (χ3v) is 3.10. The number of esters is 1. The first kappa shape index (κ1) is 10.3. The zero-order valence-electron chi connectivity index (χ0n) is 7.95. The van der Waals surface area contributed by atoms with Crippen LogP contribution in [0.4, 0.5) is 0 Å². The largest absolute Gasteiger partial charge is 0.507 e. The van der Waals surface area contributed by atoms with Crippen LogP contribution in [0.1, 0.15) is 22.8 Å². The molecular formula is C10H9BrO4. The van der Waals surface area contributed by atoms with Crippen LogP contribution in [0, 0.1) is 0 Å². The number of cyclic esters (lactones) is 1. The molecule has 0 aromatic heterocycles. The smallest absolute Gasteiger partial charge is 0.342 e. The predicted molar refractivity (Wildman–Crippen MR) is 56.1 cm³/mol. The molecule has 1 unspecified atom stereocenters. The van der Waals surface area contributed by atoms with Gasteiger partial charge in [0.05, 0.1) is 0 Å². The summed E-state index contributed by atoms with van der Waals surface area (Å²) in [4.78, 5) is 11.5. The van der Waals surface area contributed by atoms with Crippen LogP contribution < -0.4 is 0 Å². The molecule has 15 heavy (non-hydrogen) atoms. The predicted octanol–water partition coefficient (Wildman–Crippen LogP) is 1.96. The third kappa shape index (κ3) is 1.56. The van der Waals surface area contributed by atoms with E-state index >= 15 is 0 Å². The van der Waals surface area contributed by atoms with Gasteiger partial charge in [0.1, 0.15) is 27.6 Å². The molecule has 0 radical (unpaired) electrons. The van der Waals surface area contributed by atoms with Crippen molar-refractivity contribution in [2.75, 3.05) is 0 Å². The number of carbonyl (C=O) groups excluding carboxylic acids is 1. The van der Waals surface area contributed by atoms with Crippen molar-refractivity contribution in [3.05, 3.63) is 21.7 Å². The summed E-state index contributed by atoms with van der Waals surface area (Å²) in [6.07, 6.45) is 0.264. The summed E-state index contributed by atoms with van der Waals surface area (Å²) in [5.74, 6) is -0.892. The van der Waals surface area contributed by atoms with Gasteiger partial charge >= 0.3 is 5.97 Å². The zero-order valence-corrected chi connectivity index (χ0v) is 9.54. The monoisotopic (exact) mass is 272 g/mol. The summed E-state index contributed by atoms with van der Waals surface area (Å²) in [6.45, 7) is 1.76. The highest BCUT2D eigenvalue weighted by atomic mass is 79.9. The van der Waals surface area contributed by atoms with Gasteiger partial charge in [-0.1, -0.05) is 0 Å². The van der Waals surface area contributed by atoms with Gasteiger partial charge in [-0.05, 0) is 34.5 Å². The molecule has 1 heterocycles. The summed E-state index contributed by atoms with van der Waals surface area (Å²) in [6, 6.07) is 1.47. The first-order valence-electron chi connectivity index (χ1n) is 4.45. The van der Waals surface area contributed by atoms with Crippen molar-refractivity contribution < 1.29 is 19.7 Å². The third-order valence-electron chi connectivity index (χ3n) is 2.32. The van der Waals surface area contributed by atoms with E-state index in [0.29, 0.717) is 12.0 Å². The van der Waals surface area contributed by atoms with Crippen LogP contribution in [0.2, 0.25) is 0 Å². The summed E-state index contributed by atoms with van der Waals surface area (Å²) < 4.78 is 5.11. The number of carbonyl (C=O) groups is 1. The Hall–Kier alpha value is -1.23. The lowest BCUT2D eigenvalue weighted by molar-refractivity contribution is 0.0296. The van der Waals surface area contributed by atoms with Gasteiger partial charge in [0.25, 0.3) is 0 Å². The van der Waals surface area contributed by atoms with Crippen molar-refractivity contribution in [3.8, 4) is 11.5 Å². The van der Waals surface area contributed by atoms with Gasteiger partial charge in [0, 0.05) is 6.42 Å². The van der Waals surface area contributed by atoms with Crippen LogP contribution in [-0.2, 0) is 11.2 Å². The van der Waals surface area contributed by atoms with E-state index in [4.69, 9.17) is 4.74 Å². The Balaban J connectivity index is 2.66. The molecule has 1 atom stereocenters. The Morgan fingerprint density at radius 3 is 2.87 bits per heavy atom. The van der Waals surface area contributed by atoms with E-state index in [0.717, 1.165) is 0 Å². The van der Waals surface area contributed by atoms with Gasteiger partial charge in [-0.2, -0.15) is 0 Å². The summed E-state index contributed by atoms with van der Waals surface area (Å²) in [5.41, 5.74) is 0.745. The molecule has 0 bridgehead atoms. The van der Waals surface area contributed by atoms with Crippen LogP contribution in [0.15, 0.2) is 10.5 Å². The summed E-state index contributed by atoms with van der Waals surface area (Å²) in [5, 5.41) is 19.1. The number of phenolic OH excluding ortho intramolecular Hbond substituents is 2. The molecule has 1 aromatic carbocycles. The van der Waals surface area contributed by atoms with Crippen LogP contribution in [0.25, 0.3) is 0 Å². The van der Waals surface area contributed by atoms with Crippen LogP contribution in [-0.4, -0.2) is 22.3 Å². The molecule has 0 saturated carbocycles. The maximum atomic E-state index is 11.5. The standard InChI is InChI=1S/C10H9BrO4/c1-4-2-5-3-6(12)8(11)9(13)7(5)10(14)15-4/h3-4,12-13H,2H2,1H3. The highest BCUT2D eigenvalue weighted by molar-refractivity contribution is 9.10. The van der Waals surface area contributed by atoms with Crippen molar-refractivity contribution in [2.45, 2.75) is 19.4 Å². The molecule has 0 aliphatic carbocycles. The van der Waals surface area contributed by atoms with Gasteiger partial charge in [-0.25, -0.2) is 4.79 Å². The lowest BCUT2D eigenvalue weighted by atomic mass is 9.98. The number of rotatable bonds is 0. The number of phenols is 2. The maximum absolute atomic E-state index is 11.5. The molecule has 0 amide bonds. The molecule has 80 valence electrons. The zero-order chi connectivity index (χ0) is 11.2. The average Bonchev–Trinajstić information content (AvgIpc) is 2.13. The van der Waals surface area contributed by atoms with Crippen molar-refractivity contribution in [3.63, 3.8) is 0 Å². The van der Waals surface area contributed by atoms with Crippen LogP contribution in [0.5, 0.6) is 11.5 Å². The van der Waals surface area contributed by atoms with Gasteiger partial charge in [0.2, 0.25) is 0 Å². The minimum atomic E-state index is -0.554. The van der Waals surface area contributed by atoms with E-state index in [1.165, 1.54) is 6.07 Å². The normalized spacial score (nSPS) is 19.6. The van der Waals surface area contributed by atoms with Crippen LogP contribution in [0.3, 0.4) is 0 Å². The Bertz CT molecular complexity index is 442. The molecule has 0 spiro atoms. The number of ether oxygens (including phenoxy) is 1. The van der Waals surface area contributed by atoms with E-state index < -0.39 is 5.97 Å². The highest BCUT2D eigenvalue weighted by Gasteiger charge is 2.29. The second-order valence-corrected chi connectivity index (χ2v) is 4.31. The van der Waals surface area contributed by atoms with Crippen LogP contribution >= 0.6 is 15.9 Å². The van der Waals surface area contributed by atoms with Gasteiger partial charge in [-0.15, -0.1) is 0 Å². The topological polar surface area (TPSA) is 66.8 Å². The maximum Gasteiger partial charge on any atom is 0.342 e. The minimum Gasteiger partial charge on any atom is -0.507 e. The first-order valence-corrected chi connectivity index (χ1v) is 5.24. The number of halogens is 1. The van der Waals surface area contributed by atoms with E-state index in [-0.39, 0.29) is 27.6 Å². The fraction of sp³-hybridized carbons (Fsp3) is 0.300. The van der Waals surface area contributed by atoms with Crippen molar-refractivity contribution in [2.24, 2.45) is 0 Å². The molecule has 2 N–H and O–H groups in total. The molecule has 0 fully saturated rings. The lowest BCUT2D eigenvalue weighted by Crippen LogP contribution is -2.25. The fourth-order valence-corrected chi connectivity index (χ4v) is 1.98. The molecule has 0 saturated heterocycles. The van der Waals surface area contributed by atoms with E-state index in [1.54, 1.807) is 6.92 Å². The van der Waals surface area contributed by atoms with E-state index in [9.17, 15) is 15.0 Å². The Labute approximate surface area is 94.6 Å². The quantitative estimate of drug-likeness (QED) is 0.709. The summed E-state index contributed by atoms with van der Waals surface area (Å²) in [7, 11) is 0. The number of benzene rings is 1.